The molecule has 2 saturated carbocycles. The maximum atomic E-state index is 13.5. The highest BCUT2D eigenvalue weighted by atomic mass is 16.5. The van der Waals surface area contributed by atoms with E-state index in [2.05, 4.69) is 49.6 Å². The summed E-state index contributed by atoms with van der Waals surface area (Å²) in [6, 6.07) is 8.07. The number of para-hydroxylation sites is 1. The molecule has 0 spiro atoms. The van der Waals surface area contributed by atoms with Crippen LogP contribution in [0.1, 0.15) is 71.3 Å². The summed E-state index contributed by atoms with van der Waals surface area (Å²) in [7, 11) is 1.45. The number of benzene rings is 1. The number of rotatable bonds is 3. The third-order valence-corrected chi connectivity index (χ3v) is 9.45. The molecule has 0 bridgehead atoms. The molecule has 2 N–H and O–H groups in total. The largest absolute Gasteiger partial charge is 0.468 e. The molecule has 0 unspecified atom stereocenters. The van der Waals surface area contributed by atoms with Crippen molar-refractivity contribution in [2.45, 2.75) is 83.3 Å². The number of ether oxygens (including phenoxy) is 1. The molecular weight excluding hydrogens is 388 g/mol. The van der Waals surface area contributed by atoms with Crippen LogP contribution in [-0.4, -0.2) is 31.1 Å². The highest BCUT2D eigenvalue weighted by Gasteiger charge is 2.61. The van der Waals surface area contributed by atoms with Gasteiger partial charge in [0.15, 0.2) is 0 Å². The van der Waals surface area contributed by atoms with Crippen molar-refractivity contribution in [2.75, 3.05) is 12.4 Å². The van der Waals surface area contributed by atoms with Crippen molar-refractivity contribution in [2.24, 2.45) is 22.7 Å². The van der Waals surface area contributed by atoms with Gasteiger partial charge in [0, 0.05) is 23.4 Å². The van der Waals surface area contributed by atoms with Gasteiger partial charge in [0.2, 0.25) is 0 Å². The van der Waals surface area contributed by atoms with Crippen LogP contribution in [0.15, 0.2) is 24.3 Å². The van der Waals surface area contributed by atoms with Crippen molar-refractivity contribution in [1.29, 1.82) is 0 Å². The van der Waals surface area contributed by atoms with Crippen molar-refractivity contribution in [3.8, 4) is 0 Å². The molecule has 31 heavy (non-hydrogen) atoms. The number of carbonyl (C=O) groups is 2. The van der Waals surface area contributed by atoms with Gasteiger partial charge in [0.05, 0.1) is 13.3 Å². The Morgan fingerprint density at radius 1 is 1.19 bits per heavy atom. The van der Waals surface area contributed by atoms with Gasteiger partial charge in [-0.3, -0.25) is 14.9 Å². The summed E-state index contributed by atoms with van der Waals surface area (Å²) >= 11 is 0. The average Bonchev–Trinajstić information content (AvgIpc) is 3.22. The van der Waals surface area contributed by atoms with Crippen LogP contribution in [0.4, 0.5) is 5.69 Å². The second-order valence-electron chi connectivity index (χ2n) is 11.4. The smallest absolute Gasteiger partial charge is 0.322 e. The molecule has 3 fully saturated rings. The normalized spacial score (nSPS) is 40.5. The fourth-order valence-corrected chi connectivity index (χ4v) is 7.99. The van der Waals surface area contributed by atoms with Crippen molar-refractivity contribution in [3.05, 3.63) is 29.8 Å². The number of hydrogen-bond acceptors (Lipinski definition) is 5. The second-order valence-corrected chi connectivity index (χ2v) is 11.4. The monoisotopic (exact) mass is 424 g/mol. The lowest BCUT2D eigenvalue weighted by Gasteiger charge is -2.57. The van der Waals surface area contributed by atoms with Crippen molar-refractivity contribution in [3.63, 3.8) is 0 Å². The Kier molecular flexibility index (Phi) is 4.78. The van der Waals surface area contributed by atoms with Gasteiger partial charge in [-0.25, -0.2) is 0 Å². The number of Topliss-reactive ketones (excluding diaryl/α,β-unsaturated/α-hetero) is 1. The van der Waals surface area contributed by atoms with Gasteiger partial charge in [-0.15, -0.1) is 0 Å². The number of esters is 1. The predicted octanol–water partition coefficient (Wildman–Crippen LogP) is 4.41. The molecule has 0 amide bonds. The van der Waals surface area contributed by atoms with E-state index >= 15 is 0 Å². The van der Waals surface area contributed by atoms with Gasteiger partial charge in [0.1, 0.15) is 11.8 Å². The van der Waals surface area contributed by atoms with E-state index in [4.69, 9.17) is 4.74 Å². The molecule has 2 aliphatic carbocycles. The standard InChI is InChI=1S/C26H36N2O3/c1-24(2)12-7-13-25(3)17(20(29)10-11-21(24)25)14-26-15-19(22(30)31-4)28-23(26)27-18-9-6-5-8-16(18)26/h5-6,8-9,17,19,21,23,27-28H,7,10-15H2,1-4H3/t17-,19-,21-,23-,25+,26-/m0/s1. The van der Waals surface area contributed by atoms with Crippen LogP contribution in [-0.2, 0) is 19.7 Å². The number of hydrogen-bond donors (Lipinski definition) is 2. The first-order chi connectivity index (χ1) is 14.7. The van der Waals surface area contributed by atoms with Gasteiger partial charge in [-0.2, -0.15) is 0 Å². The first-order valence-electron chi connectivity index (χ1n) is 11.9. The molecule has 5 heteroatoms. The van der Waals surface area contributed by atoms with E-state index in [1.54, 1.807) is 0 Å². The van der Waals surface area contributed by atoms with E-state index in [1.807, 2.05) is 6.07 Å². The molecule has 5 rings (SSSR count). The van der Waals surface area contributed by atoms with Crippen LogP contribution in [0.25, 0.3) is 0 Å². The highest BCUT2D eigenvalue weighted by Crippen LogP contribution is 2.62. The predicted molar refractivity (Wildman–Crippen MR) is 121 cm³/mol. The number of methoxy groups -OCH3 is 1. The topological polar surface area (TPSA) is 67.4 Å². The number of fused-ring (bicyclic) bond motifs is 4. The Balaban J connectivity index is 1.55. The van der Waals surface area contributed by atoms with Crippen LogP contribution >= 0.6 is 0 Å². The number of ketones is 1. The Labute approximate surface area is 185 Å². The van der Waals surface area contributed by atoms with Gasteiger partial charge in [0.25, 0.3) is 0 Å². The van der Waals surface area contributed by atoms with Crippen molar-refractivity contribution < 1.29 is 14.3 Å². The van der Waals surface area contributed by atoms with E-state index in [0.717, 1.165) is 24.9 Å². The fraction of sp³-hybridized carbons (Fsp3) is 0.692. The summed E-state index contributed by atoms with van der Waals surface area (Å²) in [5, 5.41) is 7.12. The minimum atomic E-state index is -0.346. The zero-order valence-electron chi connectivity index (χ0n) is 19.3. The van der Waals surface area contributed by atoms with Gasteiger partial charge in [-0.1, -0.05) is 45.4 Å². The first-order valence-corrected chi connectivity index (χ1v) is 11.9. The Morgan fingerprint density at radius 3 is 2.74 bits per heavy atom. The van der Waals surface area contributed by atoms with E-state index in [1.165, 1.54) is 25.5 Å². The van der Waals surface area contributed by atoms with E-state index in [9.17, 15) is 9.59 Å². The summed E-state index contributed by atoms with van der Waals surface area (Å²) < 4.78 is 5.08. The minimum absolute atomic E-state index is 0.0251. The zero-order valence-corrected chi connectivity index (χ0v) is 19.3. The summed E-state index contributed by atoms with van der Waals surface area (Å²) in [6.45, 7) is 7.19. The fourth-order valence-electron chi connectivity index (χ4n) is 7.99. The van der Waals surface area contributed by atoms with Crippen LogP contribution < -0.4 is 10.6 Å². The Hall–Kier alpha value is -1.88. The molecule has 168 valence electrons. The number of carbonyl (C=O) groups excluding carboxylic acids is 2. The molecule has 1 aromatic carbocycles. The van der Waals surface area contributed by atoms with Crippen LogP contribution in [0.5, 0.6) is 0 Å². The number of nitrogens with one attached hydrogen (secondary N) is 2. The molecule has 1 saturated heterocycles. The lowest BCUT2D eigenvalue weighted by Crippen LogP contribution is -2.54. The lowest BCUT2D eigenvalue weighted by atomic mass is 9.46. The molecule has 2 aliphatic heterocycles. The third-order valence-electron chi connectivity index (χ3n) is 9.45. The molecule has 1 aromatic rings. The number of anilines is 1. The maximum Gasteiger partial charge on any atom is 0.322 e. The lowest BCUT2D eigenvalue weighted by molar-refractivity contribution is -0.145. The minimum Gasteiger partial charge on any atom is -0.468 e. The molecule has 6 atom stereocenters. The van der Waals surface area contributed by atoms with Crippen molar-refractivity contribution in [1.82, 2.24) is 5.32 Å². The van der Waals surface area contributed by atoms with Crippen LogP contribution in [0.3, 0.4) is 0 Å². The first kappa shape index (κ1) is 21.0. The molecule has 2 heterocycles. The zero-order chi connectivity index (χ0) is 22.0. The third kappa shape index (κ3) is 2.99. The summed E-state index contributed by atoms with van der Waals surface area (Å²) in [6.07, 6.45) is 6.69. The van der Waals surface area contributed by atoms with Gasteiger partial charge < -0.3 is 10.1 Å². The average molecular weight is 425 g/mol. The molecular formula is C26H36N2O3. The van der Waals surface area contributed by atoms with Crippen molar-refractivity contribution >= 4 is 17.4 Å². The summed E-state index contributed by atoms with van der Waals surface area (Å²) in [5.41, 5.74) is 2.39. The quantitative estimate of drug-likeness (QED) is 0.704. The SMILES string of the molecule is COC(=O)[C@@H]1C[C@@]2(C[C@H]3C(=O)CC[C@H]4C(C)(C)CCC[C@]34C)c3ccccc3N[C@H]2N1. The Bertz CT molecular complexity index is 912. The van der Waals surface area contributed by atoms with Crippen LogP contribution in [0, 0.1) is 22.7 Å². The molecule has 0 radical (unpaired) electrons. The van der Waals surface area contributed by atoms with E-state index < -0.39 is 0 Å². The molecule has 5 nitrogen and oxygen atoms in total. The summed E-state index contributed by atoms with van der Waals surface area (Å²) in [4.78, 5) is 25.9. The Morgan fingerprint density at radius 2 is 1.97 bits per heavy atom. The van der Waals surface area contributed by atoms with Gasteiger partial charge in [-0.05, 0) is 60.5 Å². The maximum absolute atomic E-state index is 13.5. The van der Waals surface area contributed by atoms with E-state index in [-0.39, 0.29) is 40.3 Å². The van der Waals surface area contributed by atoms with E-state index in [0.29, 0.717) is 24.5 Å². The van der Waals surface area contributed by atoms with Gasteiger partial charge >= 0.3 is 5.97 Å². The van der Waals surface area contributed by atoms with Crippen LogP contribution in [0.2, 0.25) is 0 Å². The molecule has 4 aliphatic rings. The second kappa shape index (κ2) is 7.06. The molecule has 0 aromatic heterocycles. The summed E-state index contributed by atoms with van der Waals surface area (Å²) in [5.74, 6) is 0.808. The highest BCUT2D eigenvalue weighted by molar-refractivity contribution is 5.84.